The van der Waals surface area contributed by atoms with Crippen molar-refractivity contribution in [2.75, 3.05) is 32.6 Å². The van der Waals surface area contributed by atoms with E-state index in [0.29, 0.717) is 12.0 Å². The molecule has 0 saturated carbocycles. The Labute approximate surface area is 106 Å². The number of ether oxygens (including phenoxy) is 2. The fourth-order valence-electron chi connectivity index (χ4n) is 1.96. The van der Waals surface area contributed by atoms with Gasteiger partial charge in [-0.15, -0.1) is 4.98 Å². The molecule has 18 heavy (non-hydrogen) atoms. The summed E-state index contributed by atoms with van der Waals surface area (Å²) in [5, 5.41) is 6.60. The molecule has 0 radical (unpaired) electrons. The minimum atomic E-state index is 0.253. The minimum absolute atomic E-state index is 0.253. The molecule has 7 heteroatoms. The molecular weight excluding hydrogens is 234 g/mol. The van der Waals surface area contributed by atoms with E-state index >= 15 is 0 Å². The average Bonchev–Trinajstić information content (AvgIpc) is 2.91. The number of nitrogens with one attached hydrogen (secondary N) is 2. The Kier molecular flexibility index (Phi) is 4.52. The van der Waals surface area contributed by atoms with E-state index in [2.05, 4.69) is 25.6 Å². The highest BCUT2D eigenvalue weighted by Crippen LogP contribution is 2.13. The van der Waals surface area contributed by atoms with E-state index in [-0.39, 0.29) is 12.0 Å². The van der Waals surface area contributed by atoms with Crippen LogP contribution in [0, 0.1) is 0 Å². The van der Waals surface area contributed by atoms with Crippen LogP contribution >= 0.6 is 0 Å². The molecular formula is C11H19N5O2. The van der Waals surface area contributed by atoms with Gasteiger partial charge in [-0.1, -0.05) is 0 Å². The molecule has 0 unspecified atom stereocenters. The van der Waals surface area contributed by atoms with Crippen molar-refractivity contribution in [2.45, 2.75) is 25.3 Å². The Morgan fingerprint density at radius 1 is 1.22 bits per heavy atom. The summed E-state index contributed by atoms with van der Waals surface area (Å²) in [5.41, 5.74) is 0. The number of hydrogen-bond acceptors (Lipinski definition) is 7. The van der Waals surface area contributed by atoms with Gasteiger partial charge in [0.2, 0.25) is 5.95 Å². The molecule has 1 aliphatic rings. The number of anilines is 1. The zero-order chi connectivity index (χ0) is 12.8. The third-order valence-corrected chi connectivity index (χ3v) is 2.90. The van der Waals surface area contributed by atoms with Crippen molar-refractivity contribution >= 4 is 5.95 Å². The van der Waals surface area contributed by atoms with Gasteiger partial charge in [0, 0.05) is 12.6 Å². The maximum atomic E-state index is 4.98. The summed E-state index contributed by atoms with van der Waals surface area (Å²) >= 11 is 0. The fraction of sp³-hybridized carbons (Fsp3) is 0.727. The predicted octanol–water partition coefficient (Wildman–Crippen LogP) is 0.443. The predicted molar refractivity (Wildman–Crippen MR) is 67.1 cm³/mol. The zero-order valence-corrected chi connectivity index (χ0v) is 10.8. The lowest BCUT2D eigenvalue weighted by Gasteiger charge is -2.11. The molecule has 0 bridgehead atoms. The second-order valence-corrected chi connectivity index (χ2v) is 4.14. The van der Waals surface area contributed by atoms with Crippen molar-refractivity contribution in [2.24, 2.45) is 0 Å². The summed E-state index contributed by atoms with van der Waals surface area (Å²) in [5.74, 6) is 0.483. The summed E-state index contributed by atoms with van der Waals surface area (Å²) in [4.78, 5) is 12.2. The van der Waals surface area contributed by atoms with Gasteiger partial charge in [-0.25, -0.2) is 0 Å². The van der Waals surface area contributed by atoms with Gasteiger partial charge in [-0.3, -0.25) is 0 Å². The van der Waals surface area contributed by atoms with Crippen LogP contribution < -0.4 is 20.1 Å². The Morgan fingerprint density at radius 3 is 2.50 bits per heavy atom. The number of hydrogen-bond donors (Lipinski definition) is 2. The normalized spacial score (nSPS) is 18.7. The zero-order valence-electron chi connectivity index (χ0n) is 10.8. The highest BCUT2D eigenvalue weighted by Gasteiger charge is 2.13. The van der Waals surface area contributed by atoms with E-state index in [1.54, 1.807) is 0 Å². The van der Waals surface area contributed by atoms with Crippen molar-refractivity contribution in [3.63, 3.8) is 0 Å². The van der Waals surface area contributed by atoms with E-state index in [4.69, 9.17) is 9.47 Å². The molecule has 100 valence electrons. The molecule has 2 N–H and O–H groups in total. The maximum absolute atomic E-state index is 4.98. The van der Waals surface area contributed by atoms with Crippen molar-refractivity contribution in [3.05, 3.63) is 0 Å². The molecule has 1 fully saturated rings. The van der Waals surface area contributed by atoms with Gasteiger partial charge in [0.05, 0.1) is 14.2 Å². The highest BCUT2D eigenvalue weighted by atomic mass is 16.5. The monoisotopic (exact) mass is 253 g/mol. The Bertz CT molecular complexity index is 359. The fourth-order valence-corrected chi connectivity index (χ4v) is 1.96. The molecule has 2 rings (SSSR count). The molecule has 0 spiro atoms. The minimum Gasteiger partial charge on any atom is -0.467 e. The van der Waals surface area contributed by atoms with E-state index < -0.39 is 0 Å². The second kappa shape index (κ2) is 6.34. The molecule has 1 aromatic heterocycles. The number of methoxy groups -OCH3 is 2. The molecule has 0 aliphatic carbocycles. The van der Waals surface area contributed by atoms with Crippen LogP contribution in [0.2, 0.25) is 0 Å². The molecule has 2 heterocycles. The van der Waals surface area contributed by atoms with Crippen LogP contribution in [0.3, 0.4) is 0 Å². The summed E-state index contributed by atoms with van der Waals surface area (Å²) in [6, 6.07) is 1.11. The van der Waals surface area contributed by atoms with E-state index in [0.717, 1.165) is 19.5 Å². The topological polar surface area (TPSA) is 81.2 Å². The Hall–Kier alpha value is -1.63. The summed E-state index contributed by atoms with van der Waals surface area (Å²) < 4.78 is 9.97. The SMILES string of the molecule is COc1nc(NCC[C@H]2CCCN2)nc(OC)n1. The van der Waals surface area contributed by atoms with Gasteiger partial charge in [0.15, 0.2) is 0 Å². The van der Waals surface area contributed by atoms with Crippen molar-refractivity contribution in [3.8, 4) is 12.0 Å². The first-order valence-corrected chi connectivity index (χ1v) is 6.13. The largest absolute Gasteiger partial charge is 0.467 e. The van der Waals surface area contributed by atoms with Crippen LogP contribution in [0.25, 0.3) is 0 Å². The lowest BCUT2D eigenvalue weighted by atomic mass is 10.1. The van der Waals surface area contributed by atoms with Crippen LogP contribution in [0.15, 0.2) is 0 Å². The first kappa shape index (κ1) is 12.8. The molecule has 1 atom stereocenters. The lowest BCUT2D eigenvalue weighted by molar-refractivity contribution is 0.341. The third kappa shape index (κ3) is 3.43. The maximum Gasteiger partial charge on any atom is 0.324 e. The number of aromatic nitrogens is 3. The van der Waals surface area contributed by atoms with E-state index in [1.165, 1.54) is 27.1 Å². The van der Waals surface area contributed by atoms with Gasteiger partial charge < -0.3 is 20.1 Å². The third-order valence-electron chi connectivity index (χ3n) is 2.90. The van der Waals surface area contributed by atoms with E-state index in [9.17, 15) is 0 Å². The van der Waals surface area contributed by atoms with Gasteiger partial charge in [-0.05, 0) is 25.8 Å². The number of rotatable bonds is 6. The van der Waals surface area contributed by atoms with Gasteiger partial charge in [-0.2, -0.15) is 9.97 Å². The summed E-state index contributed by atoms with van der Waals surface area (Å²) in [6.07, 6.45) is 3.56. The quantitative estimate of drug-likeness (QED) is 0.761. The molecule has 7 nitrogen and oxygen atoms in total. The van der Waals surface area contributed by atoms with Crippen LogP contribution in [0.1, 0.15) is 19.3 Å². The summed E-state index contributed by atoms with van der Waals surface area (Å²) in [7, 11) is 3.03. The molecule has 1 saturated heterocycles. The van der Waals surface area contributed by atoms with Crippen molar-refractivity contribution in [1.82, 2.24) is 20.3 Å². The van der Waals surface area contributed by atoms with Crippen molar-refractivity contribution in [1.29, 1.82) is 0 Å². The average molecular weight is 253 g/mol. The first-order chi connectivity index (χ1) is 8.81. The highest BCUT2D eigenvalue weighted by molar-refractivity contribution is 5.27. The summed E-state index contributed by atoms with van der Waals surface area (Å²) in [6.45, 7) is 1.94. The molecule has 0 aromatic carbocycles. The van der Waals surface area contributed by atoms with Crippen LogP contribution in [-0.2, 0) is 0 Å². The molecule has 1 aromatic rings. The number of nitrogens with zero attached hydrogens (tertiary/aromatic N) is 3. The Balaban J connectivity index is 1.87. The van der Waals surface area contributed by atoms with Crippen LogP contribution in [0.4, 0.5) is 5.95 Å². The van der Waals surface area contributed by atoms with Crippen molar-refractivity contribution < 1.29 is 9.47 Å². The lowest BCUT2D eigenvalue weighted by Crippen LogP contribution is -2.24. The standard InChI is InChI=1S/C11H19N5O2/c1-17-10-14-9(15-11(16-10)18-2)13-7-5-8-4-3-6-12-8/h8,12H,3-7H2,1-2H3,(H,13,14,15,16)/t8-/m1/s1. The van der Waals surface area contributed by atoms with Gasteiger partial charge in [0.25, 0.3) is 0 Å². The molecule has 0 amide bonds. The van der Waals surface area contributed by atoms with Gasteiger partial charge in [0.1, 0.15) is 0 Å². The first-order valence-electron chi connectivity index (χ1n) is 6.13. The second-order valence-electron chi connectivity index (χ2n) is 4.14. The smallest absolute Gasteiger partial charge is 0.324 e. The van der Waals surface area contributed by atoms with Crippen LogP contribution in [-0.4, -0.2) is 48.3 Å². The van der Waals surface area contributed by atoms with Crippen LogP contribution in [0.5, 0.6) is 12.0 Å². The molecule has 1 aliphatic heterocycles. The van der Waals surface area contributed by atoms with Gasteiger partial charge >= 0.3 is 12.0 Å². The van der Waals surface area contributed by atoms with E-state index in [1.807, 2.05) is 0 Å². The Morgan fingerprint density at radius 2 is 1.94 bits per heavy atom.